The molecule has 0 unspecified atom stereocenters. The van der Waals surface area contributed by atoms with Crippen LogP contribution < -0.4 is 18.6 Å². The summed E-state index contributed by atoms with van der Waals surface area (Å²) < 4.78 is 86.4. The van der Waals surface area contributed by atoms with Crippen molar-refractivity contribution in [1.82, 2.24) is 10.0 Å². The molecule has 5 rings (SSSR count). The molecule has 0 atom stereocenters. The summed E-state index contributed by atoms with van der Waals surface area (Å²) in [6.07, 6.45) is 0. The zero-order chi connectivity index (χ0) is 38.2. The van der Waals surface area contributed by atoms with Crippen LogP contribution in [0.1, 0.15) is 20.7 Å². The van der Waals surface area contributed by atoms with Crippen molar-refractivity contribution < 1.29 is 39.9 Å². The van der Waals surface area contributed by atoms with Crippen LogP contribution in [0.5, 0.6) is 0 Å². The van der Waals surface area contributed by atoms with E-state index in [2.05, 4.69) is 10.0 Å². The average Bonchev–Trinajstić information content (AvgIpc) is 3.15. The van der Waals surface area contributed by atoms with Gasteiger partial charge in [-0.2, -0.15) is 0 Å². The van der Waals surface area contributed by atoms with E-state index < -0.39 is 52.4 Å². The largest absolute Gasteiger partial charge is 0.478 e. The molecule has 0 aromatic heterocycles. The van der Waals surface area contributed by atoms with E-state index in [1.54, 1.807) is 36.4 Å². The molecule has 0 aliphatic rings. The molecule has 0 aliphatic carbocycles. The molecule has 0 radical (unpaired) electrons. The molecule has 1 amide bonds. The number of carbonyl (C=O) groups excluding carboxylic acids is 1. The highest BCUT2D eigenvalue weighted by Crippen LogP contribution is 2.28. The molecule has 5 aromatic rings. The predicted octanol–water partition coefficient (Wildman–Crippen LogP) is 4.84. The van der Waals surface area contributed by atoms with Gasteiger partial charge in [-0.05, 0) is 72.8 Å². The number of benzene rings is 5. The van der Waals surface area contributed by atoms with Crippen LogP contribution >= 0.6 is 11.6 Å². The highest BCUT2D eigenvalue weighted by atomic mass is 35.5. The summed E-state index contributed by atoms with van der Waals surface area (Å²) in [5.41, 5.74) is -0.272. The van der Waals surface area contributed by atoms with Gasteiger partial charge in [0.15, 0.2) is 0 Å². The minimum absolute atomic E-state index is 0.0669. The highest BCUT2D eigenvalue weighted by molar-refractivity contribution is 7.93. The summed E-state index contributed by atoms with van der Waals surface area (Å²) in [4.78, 5) is 24.6. The Bertz CT molecular complexity index is 2420. The Kier molecular flexibility index (Phi) is 12.2. The molecule has 0 bridgehead atoms. The summed E-state index contributed by atoms with van der Waals surface area (Å²) in [5.74, 6) is -2.27. The van der Waals surface area contributed by atoms with Gasteiger partial charge < -0.3 is 10.4 Å². The number of para-hydroxylation sites is 2. The summed E-state index contributed by atoms with van der Waals surface area (Å²) in [6.45, 7) is -1.32. The number of halogens is 1. The number of hydrogen-bond donors (Lipinski definition) is 3. The van der Waals surface area contributed by atoms with Gasteiger partial charge in [-0.25, -0.2) is 34.8 Å². The molecule has 0 saturated heterocycles. The third kappa shape index (κ3) is 9.04. The van der Waals surface area contributed by atoms with Crippen molar-refractivity contribution in [2.75, 3.05) is 34.8 Å². The van der Waals surface area contributed by atoms with E-state index in [-0.39, 0.29) is 52.9 Å². The molecule has 13 nitrogen and oxygen atoms in total. The van der Waals surface area contributed by atoms with Crippen molar-refractivity contribution in [2.45, 2.75) is 14.7 Å². The number of hydrogen-bond acceptors (Lipinski definition) is 8. The number of carboxylic acids is 1. The topological polar surface area (TPSA) is 187 Å². The van der Waals surface area contributed by atoms with E-state index in [4.69, 9.17) is 11.6 Å². The fourth-order valence-electron chi connectivity index (χ4n) is 5.29. The van der Waals surface area contributed by atoms with E-state index in [0.717, 1.165) is 8.61 Å². The van der Waals surface area contributed by atoms with Crippen molar-refractivity contribution in [1.29, 1.82) is 0 Å². The number of nitrogens with zero attached hydrogens (tertiary/aromatic N) is 2. The minimum Gasteiger partial charge on any atom is -0.478 e. The van der Waals surface area contributed by atoms with Gasteiger partial charge in [0.05, 0.1) is 33.9 Å². The first kappa shape index (κ1) is 39.0. The van der Waals surface area contributed by atoms with E-state index in [1.165, 1.54) is 97.1 Å². The molecule has 0 fully saturated rings. The van der Waals surface area contributed by atoms with E-state index in [9.17, 15) is 39.9 Å². The van der Waals surface area contributed by atoms with Crippen molar-refractivity contribution >= 4 is 64.9 Å². The number of sulfonamides is 3. The van der Waals surface area contributed by atoms with Gasteiger partial charge in [0.2, 0.25) is 10.0 Å². The Balaban J connectivity index is 1.39. The van der Waals surface area contributed by atoms with Gasteiger partial charge >= 0.3 is 5.97 Å². The first-order valence-corrected chi connectivity index (χ1v) is 20.6. The van der Waals surface area contributed by atoms with Crippen LogP contribution in [0.3, 0.4) is 0 Å². The molecule has 17 heteroatoms. The number of carboxylic acid groups (broad SMARTS) is 1. The number of anilines is 2. The van der Waals surface area contributed by atoms with E-state index in [1.807, 2.05) is 0 Å². The zero-order valence-corrected chi connectivity index (χ0v) is 30.9. The summed E-state index contributed by atoms with van der Waals surface area (Å²) in [6, 6.07) is 31.9. The van der Waals surface area contributed by atoms with Crippen molar-refractivity contribution in [3.63, 3.8) is 0 Å². The quantitative estimate of drug-likeness (QED) is 0.126. The van der Waals surface area contributed by atoms with Crippen LogP contribution in [-0.2, 0) is 30.1 Å². The fourth-order valence-corrected chi connectivity index (χ4v) is 9.75. The van der Waals surface area contributed by atoms with Crippen molar-refractivity contribution in [2.24, 2.45) is 0 Å². The lowest BCUT2D eigenvalue weighted by Gasteiger charge is -2.26. The lowest BCUT2D eigenvalue weighted by Crippen LogP contribution is -2.41. The van der Waals surface area contributed by atoms with Gasteiger partial charge in [-0.3, -0.25) is 13.4 Å². The highest BCUT2D eigenvalue weighted by Gasteiger charge is 2.31. The van der Waals surface area contributed by atoms with Crippen LogP contribution in [0.4, 0.5) is 11.4 Å². The maximum absolute atomic E-state index is 14.3. The molecule has 53 heavy (non-hydrogen) atoms. The van der Waals surface area contributed by atoms with E-state index >= 15 is 0 Å². The van der Waals surface area contributed by atoms with Crippen molar-refractivity contribution in [3.8, 4) is 0 Å². The first-order valence-electron chi connectivity index (χ1n) is 15.8. The lowest BCUT2D eigenvalue weighted by molar-refractivity contribution is 0.0692. The Morgan fingerprint density at radius 1 is 0.566 bits per heavy atom. The zero-order valence-electron chi connectivity index (χ0n) is 27.7. The SMILES string of the molecule is O=C(O)c1ccccc1S(=O)(=O)N(CCNC(=O)c1ccccc1S(=O)(=O)N(CCNS(=O)(=O)c1ccc(Cl)cc1)c1ccccc1)c1ccccc1. The molecule has 5 aromatic carbocycles. The molecule has 0 aliphatic heterocycles. The van der Waals surface area contributed by atoms with Crippen LogP contribution in [-0.4, -0.2) is 68.4 Å². The third-order valence-corrected chi connectivity index (χ3v) is 13.3. The second kappa shape index (κ2) is 16.6. The number of carbonyl (C=O) groups is 2. The number of amides is 1. The monoisotopic (exact) mass is 796 g/mol. The molecular weight excluding hydrogens is 764 g/mol. The molecule has 0 saturated carbocycles. The second-order valence-corrected chi connectivity index (χ2v) is 17.1. The Hall–Kier alpha value is -5.26. The Morgan fingerprint density at radius 3 is 1.51 bits per heavy atom. The first-order chi connectivity index (χ1) is 25.2. The van der Waals surface area contributed by atoms with Gasteiger partial charge in [0.25, 0.3) is 26.0 Å². The van der Waals surface area contributed by atoms with E-state index in [0.29, 0.717) is 5.02 Å². The van der Waals surface area contributed by atoms with Gasteiger partial charge in [-0.15, -0.1) is 0 Å². The smallest absolute Gasteiger partial charge is 0.337 e. The lowest BCUT2D eigenvalue weighted by atomic mass is 10.2. The number of nitrogens with one attached hydrogen (secondary N) is 2. The molecule has 3 N–H and O–H groups in total. The van der Waals surface area contributed by atoms with Gasteiger partial charge in [-0.1, -0.05) is 72.3 Å². The minimum atomic E-state index is -4.52. The summed E-state index contributed by atoms with van der Waals surface area (Å²) in [5, 5.41) is 12.6. The number of rotatable bonds is 16. The van der Waals surface area contributed by atoms with Crippen molar-refractivity contribution in [3.05, 3.63) is 150 Å². The average molecular weight is 797 g/mol. The van der Waals surface area contributed by atoms with Crippen LogP contribution in [0.25, 0.3) is 0 Å². The molecule has 0 spiro atoms. The third-order valence-electron chi connectivity index (χ3n) is 7.80. The molecule has 0 heterocycles. The predicted molar refractivity (Wildman–Crippen MR) is 201 cm³/mol. The fraction of sp³-hybridized carbons (Fsp3) is 0.111. The van der Waals surface area contributed by atoms with Crippen LogP contribution in [0.2, 0.25) is 5.02 Å². The maximum atomic E-state index is 14.3. The second-order valence-electron chi connectivity index (χ2n) is 11.2. The summed E-state index contributed by atoms with van der Waals surface area (Å²) in [7, 11) is -13.0. The Labute approximate surface area is 312 Å². The Morgan fingerprint density at radius 2 is 1.00 bits per heavy atom. The number of aromatic carboxylic acids is 1. The van der Waals surface area contributed by atoms with Crippen LogP contribution in [0, 0.1) is 0 Å². The molecule has 276 valence electrons. The normalized spacial score (nSPS) is 11.8. The standard InChI is InChI=1S/C36H33ClN4O9S3/c37-27-19-21-30(22-20-27)51(45,46)39-24-26-41(29-13-5-2-6-14-29)52(47,48)33-17-9-7-15-31(33)35(42)38-23-25-40(28-11-3-1-4-12-28)53(49,50)34-18-10-8-16-32(34)36(43)44/h1-22,39H,23-26H2,(H,38,42)(H,43,44). The van der Waals surface area contributed by atoms with Gasteiger partial charge in [0, 0.05) is 24.7 Å². The molecular formula is C36H33ClN4O9S3. The van der Waals surface area contributed by atoms with Crippen LogP contribution in [0.15, 0.2) is 148 Å². The maximum Gasteiger partial charge on any atom is 0.337 e. The summed E-state index contributed by atoms with van der Waals surface area (Å²) >= 11 is 5.88. The van der Waals surface area contributed by atoms with Gasteiger partial charge in [0.1, 0.15) is 9.79 Å².